The van der Waals surface area contributed by atoms with Gasteiger partial charge in [-0.15, -0.1) is 0 Å². The molecule has 2 aromatic carbocycles. The van der Waals surface area contributed by atoms with Crippen molar-refractivity contribution in [2.45, 2.75) is 44.7 Å². The summed E-state index contributed by atoms with van der Waals surface area (Å²) in [4.78, 5) is 30.8. The van der Waals surface area contributed by atoms with Gasteiger partial charge in [0, 0.05) is 36.7 Å². The van der Waals surface area contributed by atoms with Gasteiger partial charge in [-0.3, -0.25) is 9.59 Å². The molecule has 1 aliphatic carbocycles. The lowest BCUT2D eigenvalue weighted by atomic mass is 10.1. The van der Waals surface area contributed by atoms with Crippen LogP contribution in [0.4, 0.5) is 0 Å². The summed E-state index contributed by atoms with van der Waals surface area (Å²) < 4.78 is 5.79. The van der Waals surface area contributed by atoms with Crippen molar-refractivity contribution in [3.63, 3.8) is 0 Å². The second kappa shape index (κ2) is 8.07. The Labute approximate surface area is 169 Å². The second-order valence-electron chi connectivity index (χ2n) is 7.57. The van der Waals surface area contributed by atoms with Crippen LogP contribution >= 0.6 is 0 Å². The van der Waals surface area contributed by atoms with E-state index in [9.17, 15) is 9.59 Å². The molecule has 0 saturated heterocycles. The van der Waals surface area contributed by atoms with Crippen molar-refractivity contribution in [2.75, 3.05) is 7.05 Å². The van der Waals surface area contributed by atoms with Crippen LogP contribution in [0, 0.1) is 0 Å². The number of oxazole rings is 1. The molecular weight excluding hydrogens is 366 g/mol. The number of rotatable bonds is 5. The molecule has 0 radical (unpaired) electrons. The normalized spacial score (nSPS) is 18.7. The summed E-state index contributed by atoms with van der Waals surface area (Å²) in [6.45, 7) is 1.85. The first-order valence-corrected chi connectivity index (χ1v) is 10.1. The number of fused-ring (bicyclic) bond motifs is 1. The van der Waals surface area contributed by atoms with Crippen LogP contribution in [0.3, 0.4) is 0 Å². The number of carbonyl (C=O) groups is 2. The van der Waals surface area contributed by atoms with Crippen molar-refractivity contribution >= 4 is 22.9 Å². The van der Waals surface area contributed by atoms with Crippen molar-refractivity contribution in [1.29, 1.82) is 0 Å². The van der Waals surface area contributed by atoms with Gasteiger partial charge in [0.2, 0.25) is 11.8 Å². The van der Waals surface area contributed by atoms with Crippen LogP contribution in [0.15, 0.2) is 52.9 Å². The van der Waals surface area contributed by atoms with Crippen LogP contribution in [0.5, 0.6) is 0 Å². The van der Waals surface area contributed by atoms with Gasteiger partial charge in [0.25, 0.3) is 5.91 Å². The zero-order valence-electron chi connectivity index (χ0n) is 16.7. The molecule has 6 heteroatoms. The Bertz CT molecular complexity index is 992. The highest BCUT2D eigenvalue weighted by Crippen LogP contribution is 2.27. The largest absolute Gasteiger partial charge is 0.436 e. The zero-order chi connectivity index (χ0) is 20.4. The minimum Gasteiger partial charge on any atom is -0.436 e. The van der Waals surface area contributed by atoms with Gasteiger partial charge in [0.05, 0.1) is 0 Å². The summed E-state index contributed by atoms with van der Waals surface area (Å²) in [6, 6.07) is 15.3. The maximum atomic E-state index is 12.9. The van der Waals surface area contributed by atoms with E-state index in [1.165, 1.54) is 0 Å². The molecule has 2 amide bonds. The van der Waals surface area contributed by atoms with Crippen LogP contribution in [-0.2, 0) is 4.79 Å². The highest BCUT2D eigenvalue weighted by Gasteiger charge is 2.30. The Hall–Kier alpha value is -3.15. The molecule has 1 fully saturated rings. The molecule has 0 aliphatic heterocycles. The first kappa shape index (κ1) is 19.2. The molecule has 0 bridgehead atoms. The highest BCUT2D eigenvalue weighted by molar-refractivity contribution is 5.94. The fraction of sp³-hybridized carbons (Fsp3) is 0.348. The quantitative estimate of drug-likeness (QED) is 0.713. The molecule has 150 valence electrons. The Morgan fingerprint density at radius 3 is 2.62 bits per heavy atom. The van der Waals surface area contributed by atoms with Crippen molar-refractivity contribution in [2.24, 2.45) is 0 Å². The zero-order valence-corrected chi connectivity index (χ0v) is 16.7. The van der Waals surface area contributed by atoms with Crippen molar-refractivity contribution in [3.8, 4) is 11.5 Å². The van der Waals surface area contributed by atoms with E-state index >= 15 is 0 Å². The van der Waals surface area contributed by atoms with E-state index in [-0.39, 0.29) is 23.9 Å². The fourth-order valence-electron chi connectivity index (χ4n) is 3.89. The fourth-order valence-corrected chi connectivity index (χ4v) is 3.89. The lowest BCUT2D eigenvalue weighted by molar-refractivity contribution is -0.121. The number of hydrogen-bond donors (Lipinski definition) is 1. The molecule has 1 heterocycles. The van der Waals surface area contributed by atoms with Gasteiger partial charge in [-0.2, -0.15) is 0 Å². The number of benzene rings is 2. The summed E-state index contributed by atoms with van der Waals surface area (Å²) in [6.07, 6.45) is 3.10. The van der Waals surface area contributed by atoms with Gasteiger partial charge in [-0.1, -0.05) is 19.1 Å². The average Bonchev–Trinajstić information content (AvgIpc) is 3.39. The Morgan fingerprint density at radius 1 is 1.14 bits per heavy atom. The van der Waals surface area contributed by atoms with E-state index in [0.717, 1.165) is 35.9 Å². The smallest absolute Gasteiger partial charge is 0.253 e. The number of para-hydroxylation sites is 2. The Morgan fingerprint density at radius 2 is 1.90 bits per heavy atom. The van der Waals surface area contributed by atoms with Crippen molar-refractivity contribution in [1.82, 2.24) is 15.2 Å². The molecular formula is C23H25N3O3. The standard InChI is InChI=1S/C23H25N3O3/c1-3-21(27)24-17-12-13-18(14-17)26(2)23(28)16-10-8-15(9-11-16)22-25-19-6-4-5-7-20(19)29-22/h4-11,17-18H,3,12-14H2,1-2H3,(H,24,27)/t17-,18+/m0/s1. The molecule has 29 heavy (non-hydrogen) atoms. The van der Waals surface area contributed by atoms with E-state index in [4.69, 9.17) is 4.42 Å². The molecule has 3 aromatic rings. The van der Waals surface area contributed by atoms with Gasteiger partial charge >= 0.3 is 0 Å². The molecule has 0 spiro atoms. The van der Waals surface area contributed by atoms with Crippen LogP contribution in [0.25, 0.3) is 22.6 Å². The summed E-state index contributed by atoms with van der Waals surface area (Å²) in [7, 11) is 1.84. The SMILES string of the molecule is CCC(=O)N[C@H]1CC[C@@H](N(C)C(=O)c2ccc(-c3nc4ccccc4o3)cc2)C1. The number of hydrogen-bond acceptors (Lipinski definition) is 4. The van der Waals surface area contributed by atoms with Gasteiger partial charge in [0.1, 0.15) is 5.52 Å². The van der Waals surface area contributed by atoms with E-state index in [1.54, 1.807) is 4.90 Å². The first-order chi connectivity index (χ1) is 14.0. The van der Waals surface area contributed by atoms with Crippen LogP contribution in [0.1, 0.15) is 43.0 Å². The molecule has 6 nitrogen and oxygen atoms in total. The minimum atomic E-state index is -0.0124. The summed E-state index contributed by atoms with van der Waals surface area (Å²) in [5, 5.41) is 3.03. The number of nitrogens with one attached hydrogen (secondary N) is 1. The average molecular weight is 391 g/mol. The number of carbonyl (C=O) groups excluding carboxylic acids is 2. The summed E-state index contributed by atoms with van der Waals surface area (Å²) in [5.74, 6) is 0.602. The lowest BCUT2D eigenvalue weighted by Gasteiger charge is -2.25. The van der Waals surface area contributed by atoms with Crippen molar-refractivity contribution < 1.29 is 14.0 Å². The Balaban J connectivity index is 1.43. The van der Waals surface area contributed by atoms with Crippen LogP contribution in [0.2, 0.25) is 0 Å². The third-order valence-corrected chi connectivity index (χ3v) is 5.63. The lowest BCUT2D eigenvalue weighted by Crippen LogP contribution is -2.38. The maximum Gasteiger partial charge on any atom is 0.253 e. The molecule has 1 saturated carbocycles. The molecule has 1 aromatic heterocycles. The Kier molecular flexibility index (Phi) is 5.34. The summed E-state index contributed by atoms with van der Waals surface area (Å²) in [5.41, 5.74) is 3.03. The molecule has 2 atom stereocenters. The summed E-state index contributed by atoms with van der Waals surface area (Å²) >= 11 is 0. The molecule has 1 N–H and O–H groups in total. The maximum absolute atomic E-state index is 12.9. The van der Waals surface area contributed by atoms with Crippen LogP contribution in [-0.4, -0.2) is 40.8 Å². The topological polar surface area (TPSA) is 75.4 Å². The first-order valence-electron chi connectivity index (χ1n) is 10.1. The number of nitrogens with zero attached hydrogens (tertiary/aromatic N) is 2. The highest BCUT2D eigenvalue weighted by atomic mass is 16.3. The third-order valence-electron chi connectivity index (χ3n) is 5.63. The van der Waals surface area contributed by atoms with E-state index in [2.05, 4.69) is 10.3 Å². The molecule has 1 aliphatic rings. The van der Waals surface area contributed by atoms with E-state index < -0.39 is 0 Å². The van der Waals surface area contributed by atoms with Gasteiger partial charge in [-0.05, 0) is 55.7 Å². The van der Waals surface area contributed by atoms with Gasteiger partial charge in [0.15, 0.2) is 5.58 Å². The third kappa shape index (κ3) is 4.01. The predicted molar refractivity (Wildman–Crippen MR) is 111 cm³/mol. The van der Waals surface area contributed by atoms with E-state index in [1.807, 2.05) is 62.5 Å². The molecule has 0 unspecified atom stereocenters. The minimum absolute atomic E-state index is 0.0124. The number of amides is 2. The van der Waals surface area contributed by atoms with Gasteiger partial charge < -0.3 is 14.6 Å². The van der Waals surface area contributed by atoms with Crippen molar-refractivity contribution in [3.05, 3.63) is 54.1 Å². The van der Waals surface area contributed by atoms with Gasteiger partial charge in [-0.25, -0.2) is 4.98 Å². The molecule has 4 rings (SSSR count). The van der Waals surface area contributed by atoms with Crippen LogP contribution < -0.4 is 5.32 Å². The monoisotopic (exact) mass is 391 g/mol. The van der Waals surface area contributed by atoms with E-state index in [0.29, 0.717) is 17.9 Å². The predicted octanol–water partition coefficient (Wildman–Crippen LogP) is 4.01. The second-order valence-corrected chi connectivity index (χ2v) is 7.57. The number of aromatic nitrogens is 1.